The minimum Gasteiger partial charge on any atom is -0.501 e. The van der Waals surface area contributed by atoms with Gasteiger partial charge in [0.2, 0.25) is 0 Å². The molecular weight excluding hydrogens is 959 g/mol. The molecule has 0 fully saturated rings. The Labute approximate surface area is 395 Å². The summed E-state index contributed by atoms with van der Waals surface area (Å²) in [7, 11) is 0. The number of fused-ring (bicyclic) bond motifs is 4. The standard InChI is InChI=1S/C43H35N2O.C16H18N.Ir/c1-27(2)36-24-32(30-16-9-6-10-17-30)25-37(28(3)4)41(36)45-39-21-12-11-20-38(39)44-43(45)35-19-13-18-34-33-23-22-31(26-40(33)46-42(34)35)29-14-7-5-8-15-29;1-12-8-9-15(17-11-12)13-6-5-7-14(10-13)16(2,3)4;/h5-18,20-28H,1-4H3;5,7-11H,1-4H3;/q2*-1;/i;1D3;. The Morgan fingerprint density at radius 3 is 1.94 bits per heavy atom. The zero-order chi connectivity index (χ0) is 46.3. The van der Waals surface area contributed by atoms with Gasteiger partial charge in [0.15, 0.2) is 0 Å². The summed E-state index contributed by atoms with van der Waals surface area (Å²) in [4.78, 5) is 9.55. The van der Waals surface area contributed by atoms with E-state index in [0.29, 0.717) is 0 Å². The van der Waals surface area contributed by atoms with Crippen molar-refractivity contribution < 1.29 is 28.6 Å². The van der Waals surface area contributed by atoms with Crippen LogP contribution < -0.4 is 0 Å². The Kier molecular flexibility index (Phi) is 11.6. The van der Waals surface area contributed by atoms with Gasteiger partial charge in [0.05, 0.1) is 22.4 Å². The van der Waals surface area contributed by atoms with Crippen LogP contribution in [0.4, 0.5) is 0 Å². The molecule has 0 N–H and O–H groups in total. The smallest absolute Gasteiger partial charge is 0.121 e. The first-order chi connectivity index (χ1) is 31.7. The minimum atomic E-state index is -2.11. The molecule has 321 valence electrons. The van der Waals surface area contributed by atoms with Gasteiger partial charge in [-0.05, 0) is 99.1 Å². The first-order valence-electron chi connectivity index (χ1n) is 23.3. The monoisotopic (exact) mass is 1020 g/mol. The van der Waals surface area contributed by atoms with Gasteiger partial charge >= 0.3 is 0 Å². The molecule has 5 heteroatoms. The normalized spacial score (nSPS) is 12.5. The number of aryl methyl sites for hydroxylation is 1. The fourth-order valence-electron chi connectivity index (χ4n) is 8.39. The van der Waals surface area contributed by atoms with Crippen LogP contribution in [0.1, 0.15) is 86.7 Å². The topological polar surface area (TPSA) is 43.9 Å². The fraction of sp³-hybridized carbons (Fsp3) is 0.186. The van der Waals surface area contributed by atoms with Crippen molar-refractivity contribution in [1.29, 1.82) is 0 Å². The molecule has 0 saturated carbocycles. The maximum Gasteiger partial charge on any atom is 0.121 e. The molecule has 3 aromatic heterocycles. The van der Waals surface area contributed by atoms with E-state index in [4.69, 9.17) is 13.5 Å². The molecule has 0 bridgehead atoms. The van der Waals surface area contributed by atoms with Crippen molar-refractivity contribution in [1.82, 2.24) is 14.5 Å². The zero-order valence-corrected chi connectivity index (χ0v) is 39.7. The summed E-state index contributed by atoms with van der Waals surface area (Å²) in [6.45, 7) is 13.5. The van der Waals surface area contributed by atoms with Gasteiger partial charge in [-0.15, -0.1) is 53.6 Å². The number of para-hydroxylation sites is 2. The SMILES string of the molecule is CC(C)c1cc(-c2ccccc2)cc(C(C)C)c1-n1c(-c2[c-]ccc3c2oc2cc(-c4ccccc4)ccc23)nc2ccccc21.[2H]C([2H])([2H])c1ccc(-c2[c-]ccc(C(C)(C)C)c2)nc1.[Ir]. The number of imidazole rings is 1. The quantitative estimate of drug-likeness (QED) is 0.149. The van der Waals surface area contributed by atoms with Crippen molar-refractivity contribution in [2.75, 3.05) is 0 Å². The Morgan fingerprint density at radius 2 is 1.30 bits per heavy atom. The average molecular weight is 1020 g/mol. The third-order valence-electron chi connectivity index (χ3n) is 11.8. The molecule has 0 unspecified atom stereocenters. The van der Waals surface area contributed by atoms with Crippen molar-refractivity contribution in [2.45, 2.75) is 72.6 Å². The van der Waals surface area contributed by atoms with Gasteiger partial charge < -0.3 is 14.0 Å². The van der Waals surface area contributed by atoms with Gasteiger partial charge in [-0.3, -0.25) is 4.98 Å². The number of pyridine rings is 1. The third-order valence-corrected chi connectivity index (χ3v) is 11.8. The number of benzene rings is 7. The molecule has 0 saturated heterocycles. The molecule has 0 spiro atoms. The maximum atomic E-state index is 7.35. The van der Waals surface area contributed by atoms with E-state index >= 15 is 0 Å². The van der Waals surface area contributed by atoms with E-state index in [1.165, 1.54) is 45.3 Å². The summed E-state index contributed by atoms with van der Waals surface area (Å²) in [5, 5.41) is 2.15. The van der Waals surface area contributed by atoms with Gasteiger partial charge in [0, 0.05) is 41.5 Å². The largest absolute Gasteiger partial charge is 0.501 e. The second-order valence-electron chi connectivity index (χ2n) is 17.9. The van der Waals surface area contributed by atoms with E-state index in [2.05, 4.69) is 191 Å². The van der Waals surface area contributed by atoms with Crippen LogP contribution in [0.3, 0.4) is 0 Å². The van der Waals surface area contributed by atoms with Crippen LogP contribution in [0, 0.1) is 19.0 Å². The molecule has 7 aromatic carbocycles. The van der Waals surface area contributed by atoms with E-state index < -0.39 is 6.85 Å². The molecular formula is C59H53IrN3O-2. The van der Waals surface area contributed by atoms with Crippen molar-refractivity contribution >= 4 is 33.0 Å². The summed E-state index contributed by atoms with van der Waals surface area (Å²) >= 11 is 0. The Morgan fingerprint density at radius 1 is 0.641 bits per heavy atom. The van der Waals surface area contributed by atoms with Crippen LogP contribution in [-0.2, 0) is 25.5 Å². The number of hydrogen-bond acceptors (Lipinski definition) is 3. The Hall–Kier alpha value is -6.39. The van der Waals surface area contributed by atoms with Crippen LogP contribution in [-0.4, -0.2) is 14.5 Å². The number of hydrogen-bond donors (Lipinski definition) is 0. The molecule has 4 nitrogen and oxygen atoms in total. The second kappa shape index (κ2) is 18.4. The molecule has 1 radical (unpaired) electrons. The summed E-state index contributed by atoms with van der Waals surface area (Å²) in [5.74, 6) is 1.41. The van der Waals surface area contributed by atoms with Crippen LogP contribution in [0.15, 0.2) is 168 Å². The summed E-state index contributed by atoms with van der Waals surface area (Å²) in [6.07, 6.45) is 1.42. The molecule has 3 heterocycles. The summed E-state index contributed by atoms with van der Waals surface area (Å²) in [6, 6.07) is 61.0. The van der Waals surface area contributed by atoms with E-state index in [9.17, 15) is 0 Å². The first-order valence-corrected chi connectivity index (χ1v) is 21.8. The van der Waals surface area contributed by atoms with Crippen LogP contribution in [0.5, 0.6) is 0 Å². The van der Waals surface area contributed by atoms with Crippen molar-refractivity contribution in [3.63, 3.8) is 0 Å². The van der Waals surface area contributed by atoms with Gasteiger partial charge in [-0.25, -0.2) is 0 Å². The average Bonchev–Trinajstić information content (AvgIpc) is 3.90. The molecule has 0 aliphatic rings. The van der Waals surface area contributed by atoms with Crippen molar-refractivity contribution in [3.8, 4) is 50.6 Å². The van der Waals surface area contributed by atoms with Crippen LogP contribution >= 0.6 is 0 Å². The van der Waals surface area contributed by atoms with E-state index in [0.717, 1.165) is 61.2 Å². The van der Waals surface area contributed by atoms with Gasteiger partial charge in [-0.2, -0.15) is 0 Å². The van der Waals surface area contributed by atoms with Crippen molar-refractivity contribution in [2.24, 2.45) is 0 Å². The van der Waals surface area contributed by atoms with E-state index in [1.54, 1.807) is 12.1 Å². The minimum absolute atomic E-state index is 0. The summed E-state index contributed by atoms with van der Waals surface area (Å²) < 4.78 is 31.1. The van der Waals surface area contributed by atoms with Gasteiger partial charge in [0.25, 0.3) is 0 Å². The van der Waals surface area contributed by atoms with Crippen LogP contribution in [0.2, 0.25) is 0 Å². The first kappa shape index (κ1) is 40.4. The zero-order valence-electron chi connectivity index (χ0n) is 40.3. The maximum absolute atomic E-state index is 7.35. The molecule has 0 amide bonds. The fourth-order valence-corrected chi connectivity index (χ4v) is 8.39. The molecule has 0 aliphatic heterocycles. The number of aromatic nitrogens is 3. The number of furan rings is 1. The van der Waals surface area contributed by atoms with Crippen molar-refractivity contribution in [3.05, 3.63) is 198 Å². The predicted molar refractivity (Wildman–Crippen MR) is 264 cm³/mol. The third kappa shape index (κ3) is 8.76. The Balaban J connectivity index is 0.000000244. The Bertz CT molecular complexity index is 3300. The number of rotatable bonds is 7. The van der Waals surface area contributed by atoms with Crippen LogP contribution in [0.25, 0.3) is 83.6 Å². The molecule has 0 atom stereocenters. The molecule has 10 rings (SSSR count). The van der Waals surface area contributed by atoms with Gasteiger partial charge in [-0.1, -0.05) is 156 Å². The predicted octanol–water partition coefficient (Wildman–Crippen LogP) is 16.1. The van der Waals surface area contributed by atoms with E-state index in [1.807, 2.05) is 24.3 Å². The molecule has 10 aromatic rings. The van der Waals surface area contributed by atoms with Gasteiger partial charge in [0.1, 0.15) is 5.58 Å². The second-order valence-corrected chi connectivity index (χ2v) is 17.9. The number of nitrogens with zero attached hydrogens (tertiary/aromatic N) is 3. The summed E-state index contributed by atoms with van der Waals surface area (Å²) in [5.41, 5.74) is 16.2. The molecule has 64 heavy (non-hydrogen) atoms. The molecule has 0 aliphatic carbocycles. The van der Waals surface area contributed by atoms with E-state index in [-0.39, 0.29) is 42.9 Å².